The zero-order valence-corrected chi connectivity index (χ0v) is 16.0. The van der Waals surface area contributed by atoms with Crippen molar-refractivity contribution < 1.29 is 14.7 Å². The number of aliphatic hydroxyl groups is 1. The molecule has 0 aromatic carbocycles. The maximum atomic E-state index is 12.0. The van der Waals surface area contributed by atoms with Crippen molar-refractivity contribution in [3.8, 4) is 0 Å². The van der Waals surface area contributed by atoms with Crippen LogP contribution in [-0.2, 0) is 4.79 Å². The van der Waals surface area contributed by atoms with Crippen molar-refractivity contribution in [3.05, 3.63) is 46.9 Å². The minimum absolute atomic E-state index is 0.0857. The number of carbonyl (C=O) groups is 2. The average Bonchev–Trinajstić information content (AvgIpc) is 2.57. The Balaban J connectivity index is 2.83. The second kappa shape index (κ2) is 9.87. The van der Waals surface area contributed by atoms with Gasteiger partial charge in [0.2, 0.25) is 0 Å². The quantitative estimate of drug-likeness (QED) is 0.464. The van der Waals surface area contributed by atoms with Gasteiger partial charge in [-0.3, -0.25) is 14.6 Å². The molecule has 4 N–H and O–H groups in total. The monoisotopic (exact) mass is 359 g/mol. The van der Waals surface area contributed by atoms with Gasteiger partial charge in [0.15, 0.2) is 5.78 Å². The molecule has 0 spiro atoms. The second-order valence-corrected chi connectivity index (χ2v) is 6.90. The molecule has 0 aliphatic heterocycles. The van der Waals surface area contributed by atoms with Crippen LogP contribution in [-0.4, -0.2) is 33.9 Å². The number of carbonyl (C=O) groups excluding carboxylic acids is 2. The Bertz CT molecular complexity index is 683. The van der Waals surface area contributed by atoms with E-state index in [-0.39, 0.29) is 18.2 Å². The third-order valence-corrected chi connectivity index (χ3v) is 3.68. The van der Waals surface area contributed by atoms with Gasteiger partial charge in [-0.25, -0.2) is 0 Å². The van der Waals surface area contributed by atoms with Gasteiger partial charge in [-0.2, -0.15) is 0 Å². The van der Waals surface area contributed by atoms with E-state index in [2.05, 4.69) is 17.2 Å². The molecule has 142 valence electrons. The Labute approximate surface area is 155 Å². The van der Waals surface area contributed by atoms with Crippen LogP contribution in [0, 0.1) is 0 Å². The first kappa shape index (κ1) is 21.6. The van der Waals surface area contributed by atoms with E-state index < -0.39 is 5.60 Å². The number of allylic oxidation sites excluding steroid dienone is 3. The zero-order chi connectivity index (χ0) is 19.7. The molecule has 1 heterocycles. The zero-order valence-electron chi connectivity index (χ0n) is 16.0. The van der Waals surface area contributed by atoms with Gasteiger partial charge in [-0.15, -0.1) is 0 Å². The van der Waals surface area contributed by atoms with Crippen molar-refractivity contribution in [2.24, 2.45) is 5.73 Å². The summed E-state index contributed by atoms with van der Waals surface area (Å²) in [5.41, 5.74) is 7.13. The van der Waals surface area contributed by atoms with Crippen LogP contribution >= 0.6 is 0 Å². The molecule has 0 radical (unpaired) electrons. The van der Waals surface area contributed by atoms with Crippen molar-refractivity contribution >= 4 is 17.8 Å². The summed E-state index contributed by atoms with van der Waals surface area (Å²) in [6.07, 6.45) is 7.45. The summed E-state index contributed by atoms with van der Waals surface area (Å²) in [5.74, 6) is -0.388. The van der Waals surface area contributed by atoms with Crippen LogP contribution in [0.1, 0.15) is 63.0 Å². The van der Waals surface area contributed by atoms with Gasteiger partial charge in [0, 0.05) is 24.0 Å². The summed E-state index contributed by atoms with van der Waals surface area (Å²) < 4.78 is 0. The Morgan fingerprint density at radius 3 is 2.54 bits per heavy atom. The summed E-state index contributed by atoms with van der Waals surface area (Å²) >= 11 is 0. The van der Waals surface area contributed by atoms with E-state index in [4.69, 9.17) is 5.73 Å². The molecule has 0 atom stereocenters. The number of nitrogens with two attached hydrogens (primary N) is 1. The molecule has 0 fully saturated rings. The number of hydrogen-bond donors (Lipinski definition) is 3. The highest BCUT2D eigenvalue weighted by molar-refractivity contribution is 5.97. The molecule has 6 heteroatoms. The first-order chi connectivity index (χ1) is 12.1. The molecule has 0 aliphatic carbocycles. The summed E-state index contributed by atoms with van der Waals surface area (Å²) in [5, 5.41) is 12.3. The fourth-order valence-corrected chi connectivity index (χ4v) is 2.16. The molecular formula is C20H29N3O3. The predicted octanol–water partition coefficient (Wildman–Crippen LogP) is 2.59. The number of nitrogens with one attached hydrogen (secondary N) is 1. The number of pyridine rings is 1. The Kier molecular flexibility index (Phi) is 8.19. The maximum Gasteiger partial charge on any atom is 0.252 e. The van der Waals surface area contributed by atoms with Crippen molar-refractivity contribution in [2.45, 2.75) is 52.6 Å². The standard InChI is InChI=1S/C20H29N3O3/c1-5-6-7-18(21)17(14(2)24)11-10-16-9-8-15(12-22-16)19(25)23-13-20(3,4)26/h8-12,26H,5-7,13,21H2,1-4H3,(H,23,25)/b11-10+,18-17?. The number of aromatic nitrogens is 1. The van der Waals surface area contributed by atoms with Crippen LogP contribution in [0.5, 0.6) is 0 Å². The van der Waals surface area contributed by atoms with Crippen LogP contribution in [0.3, 0.4) is 0 Å². The molecule has 1 amide bonds. The fraction of sp³-hybridized carbons (Fsp3) is 0.450. The van der Waals surface area contributed by atoms with Crippen molar-refractivity contribution in [1.82, 2.24) is 10.3 Å². The van der Waals surface area contributed by atoms with E-state index in [1.54, 1.807) is 38.1 Å². The molecule has 0 saturated heterocycles. The van der Waals surface area contributed by atoms with E-state index in [0.717, 1.165) is 12.8 Å². The van der Waals surface area contributed by atoms with Gasteiger partial charge in [0.25, 0.3) is 5.91 Å². The maximum absolute atomic E-state index is 12.0. The first-order valence-electron chi connectivity index (χ1n) is 8.78. The van der Waals surface area contributed by atoms with Crippen molar-refractivity contribution in [2.75, 3.05) is 6.54 Å². The molecule has 0 aliphatic rings. The molecular weight excluding hydrogens is 330 g/mol. The van der Waals surface area contributed by atoms with Gasteiger partial charge in [-0.05, 0) is 57.9 Å². The first-order valence-corrected chi connectivity index (χ1v) is 8.78. The topological polar surface area (TPSA) is 105 Å². The Morgan fingerprint density at radius 2 is 2.04 bits per heavy atom. The van der Waals surface area contributed by atoms with Crippen LogP contribution in [0.4, 0.5) is 0 Å². The number of rotatable bonds is 9. The SMILES string of the molecule is CCCCC(N)=C(/C=C/c1ccc(C(=O)NCC(C)(C)O)cn1)C(C)=O. The van der Waals surface area contributed by atoms with Gasteiger partial charge >= 0.3 is 0 Å². The number of amides is 1. The molecule has 1 rings (SSSR count). The van der Waals surface area contributed by atoms with E-state index in [1.807, 2.05) is 0 Å². The number of nitrogens with zero attached hydrogens (tertiary/aromatic N) is 1. The van der Waals surface area contributed by atoms with Gasteiger partial charge in [0.1, 0.15) is 0 Å². The highest BCUT2D eigenvalue weighted by Crippen LogP contribution is 2.12. The summed E-state index contributed by atoms with van der Waals surface area (Å²) in [6.45, 7) is 6.94. The second-order valence-electron chi connectivity index (χ2n) is 6.90. The third-order valence-electron chi connectivity index (χ3n) is 3.68. The van der Waals surface area contributed by atoms with Crippen LogP contribution < -0.4 is 11.1 Å². The van der Waals surface area contributed by atoms with Gasteiger partial charge in [0.05, 0.1) is 16.9 Å². The summed E-state index contributed by atoms with van der Waals surface area (Å²) in [7, 11) is 0. The lowest BCUT2D eigenvalue weighted by Gasteiger charge is -2.17. The smallest absolute Gasteiger partial charge is 0.252 e. The minimum Gasteiger partial charge on any atom is -0.401 e. The highest BCUT2D eigenvalue weighted by Gasteiger charge is 2.14. The van der Waals surface area contributed by atoms with Crippen molar-refractivity contribution in [1.29, 1.82) is 0 Å². The van der Waals surface area contributed by atoms with E-state index in [9.17, 15) is 14.7 Å². The highest BCUT2D eigenvalue weighted by atomic mass is 16.3. The van der Waals surface area contributed by atoms with Crippen LogP contribution in [0.15, 0.2) is 35.7 Å². The Hall–Kier alpha value is -2.47. The molecule has 0 bridgehead atoms. The lowest BCUT2D eigenvalue weighted by Crippen LogP contribution is -2.38. The largest absolute Gasteiger partial charge is 0.401 e. The van der Waals surface area contributed by atoms with E-state index >= 15 is 0 Å². The summed E-state index contributed by atoms with van der Waals surface area (Å²) in [6, 6.07) is 3.33. The number of Topliss-reactive ketones (excluding diaryl/α,β-unsaturated/α-hetero) is 1. The molecule has 6 nitrogen and oxygen atoms in total. The lowest BCUT2D eigenvalue weighted by atomic mass is 10.0. The number of hydrogen-bond acceptors (Lipinski definition) is 5. The molecule has 1 aromatic heterocycles. The van der Waals surface area contributed by atoms with E-state index in [1.165, 1.54) is 13.1 Å². The molecule has 26 heavy (non-hydrogen) atoms. The molecule has 0 saturated carbocycles. The molecule has 1 aromatic rings. The number of unbranched alkanes of at least 4 members (excludes halogenated alkanes) is 1. The Morgan fingerprint density at radius 1 is 1.35 bits per heavy atom. The van der Waals surface area contributed by atoms with Crippen LogP contribution in [0.25, 0.3) is 6.08 Å². The van der Waals surface area contributed by atoms with Gasteiger partial charge < -0.3 is 16.2 Å². The number of ketones is 1. The lowest BCUT2D eigenvalue weighted by molar-refractivity contribution is -0.113. The average molecular weight is 359 g/mol. The van der Waals surface area contributed by atoms with Crippen molar-refractivity contribution in [3.63, 3.8) is 0 Å². The minimum atomic E-state index is -0.973. The van der Waals surface area contributed by atoms with E-state index in [0.29, 0.717) is 28.9 Å². The summed E-state index contributed by atoms with van der Waals surface area (Å²) in [4.78, 5) is 28.0. The van der Waals surface area contributed by atoms with Gasteiger partial charge in [-0.1, -0.05) is 13.3 Å². The predicted molar refractivity (Wildman–Crippen MR) is 103 cm³/mol. The third kappa shape index (κ3) is 7.61. The normalized spacial score (nSPS) is 12.8. The molecule has 0 unspecified atom stereocenters. The fourth-order valence-electron chi connectivity index (χ4n) is 2.16. The van der Waals surface area contributed by atoms with Crippen LogP contribution in [0.2, 0.25) is 0 Å².